The first-order chi connectivity index (χ1) is 8.65. The number of benzene rings is 1. The van der Waals surface area contributed by atoms with Gasteiger partial charge in [-0.25, -0.2) is 0 Å². The number of nitrogens with one attached hydrogen (secondary N) is 2. The highest BCUT2D eigenvalue weighted by molar-refractivity contribution is 7.99. The molecule has 96 valence electrons. The van der Waals surface area contributed by atoms with Crippen LogP contribution in [0.25, 0.3) is 0 Å². The Labute approximate surface area is 108 Å². The van der Waals surface area contributed by atoms with Gasteiger partial charge in [-0.15, -0.1) is 0 Å². The first-order valence-electron chi connectivity index (χ1n) is 5.46. The summed E-state index contributed by atoms with van der Waals surface area (Å²) in [5.41, 5.74) is 1.86. The van der Waals surface area contributed by atoms with Crippen LogP contribution in [0.1, 0.15) is 18.7 Å². The number of aromatic nitrogens is 2. The Morgan fingerprint density at radius 3 is 2.50 bits per heavy atom. The summed E-state index contributed by atoms with van der Waals surface area (Å²) in [5.74, 6) is -2.38. The number of nitrogens with zero attached hydrogens (tertiary/aromatic N) is 1. The average molecular weight is 269 g/mol. The van der Waals surface area contributed by atoms with Crippen molar-refractivity contribution in [2.24, 2.45) is 0 Å². The predicted molar refractivity (Wildman–Crippen MR) is 68.9 cm³/mol. The van der Waals surface area contributed by atoms with E-state index in [0.29, 0.717) is 16.7 Å². The lowest BCUT2D eigenvalue weighted by atomic mass is 10.2. The maximum Gasteiger partial charge on any atom is 0.288 e. The minimum Gasteiger partial charge on any atom is -0.377 e. The molecule has 0 saturated heterocycles. The Morgan fingerprint density at radius 1 is 1.22 bits per heavy atom. The van der Waals surface area contributed by atoms with Crippen LogP contribution < -0.4 is 5.32 Å². The van der Waals surface area contributed by atoms with Crippen LogP contribution in [0.2, 0.25) is 0 Å². The van der Waals surface area contributed by atoms with Crippen LogP contribution in [0.5, 0.6) is 0 Å². The fourth-order valence-corrected chi connectivity index (χ4v) is 2.07. The van der Waals surface area contributed by atoms with E-state index in [-0.39, 0.29) is 6.04 Å². The third-order valence-corrected chi connectivity index (χ3v) is 3.17. The van der Waals surface area contributed by atoms with Crippen LogP contribution in [-0.4, -0.2) is 16.0 Å². The first-order valence-corrected chi connectivity index (χ1v) is 6.34. The molecule has 0 fully saturated rings. The van der Waals surface area contributed by atoms with E-state index in [1.54, 1.807) is 30.5 Å². The lowest BCUT2D eigenvalue weighted by Gasteiger charge is -2.13. The van der Waals surface area contributed by atoms with Gasteiger partial charge in [-0.3, -0.25) is 5.10 Å². The van der Waals surface area contributed by atoms with Gasteiger partial charge in [0, 0.05) is 16.8 Å². The Kier molecular flexibility index (Phi) is 4.19. The predicted octanol–water partition coefficient (Wildman–Crippen LogP) is 3.90. The highest BCUT2D eigenvalue weighted by Gasteiger charge is 2.07. The molecule has 2 rings (SSSR count). The van der Waals surface area contributed by atoms with Gasteiger partial charge in [0.05, 0.1) is 11.7 Å². The molecule has 0 aliphatic carbocycles. The largest absolute Gasteiger partial charge is 0.377 e. The molecule has 0 amide bonds. The fraction of sp³-hybridized carbons (Fsp3) is 0.250. The minimum atomic E-state index is -2.38. The molecule has 1 aromatic carbocycles. The first kappa shape index (κ1) is 12.9. The number of hydrogen-bond donors (Lipinski definition) is 2. The molecule has 2 aromatic rings. The van der Waals surface area contributed by atoms with Gasteiger partial charge in [0.25, 0.3) is 5.76 Å². The Bertz CT molecular complexity index is 471. The van der Waals surface area contributed by atoms with Gasteiger partial charge in [-0.05, 0) is 37.3 Å². The summed E-state index contributed by atoms with van der Waals surface area (Å²) < 4.78 is 24.3. The van der Waals surface area contributed by atoms with E-state index < -0.39 is 5.76 Å². The van der Waals surface area contributed by atoms with Crippen molar-refractivity contribution >= 4 is 17.4 Å². The maximum atomic E-state index is 12.2. The van der Waals surface area contributed by atoms with Gasteiger partial charge in [0.2, 0.25) is 0 Å². The normalized spacial score (nSPS) is 12.7. The summed E-state index contributed by atoms with van der Waals surface area (Å²) in [7, 11) is 0. The van der Waals surface area contributed by atoms with Crippen LogP contribution in [0.3, 0.4) is 0 Å². The van der Waals surface area contributed by atoms with Crippen molar-refractivity contribution in [3.63, 3.8) is 0 Å². The molecule has 0 aliphatic heterocycles. The second-order valence-corrected chi connectivity index (χ2v) is 4.84. The zero-order chi connectivity index (χ0) is 13.0. The smallest absolute Gasteiger partial charge is 0.288 e. The molecule has 0 aliphatic rings. The molecule has 0 radical (unpaired) electrons. The summed E-state index contributed by atoms with van der Waals surface area (Å²) in [4.78, 5) is 0.560. The van der Waals surface area contributed by atoms with Gasteiger partial charge in [0.15, 0.2) is 0 Å². The van der Waals surface area contributed by atoms with Crippen molar-refractivity contribution in [2.75, 3.05) is 5.32 Å². The topological polar surface area (TPSA) is 40.7 Å². The molecule has 2 N–H and O–H groups in total. The third-order valence-electron chi connectivity index (χ3n) is 2.45. The van der Waals surface area contributed by atoms with Crippen LogP contribution in [-0.2, 0) is 0 Å². The van der Waals surface area contributed by atoms with E-state index in [1.807, 2.05) is 13.0 Å². The molecule has 1 unspecified atom stereocenters. The zero-order valence-corrected chi connectivity index (χ0v) is 10.5. The highest BCUT2D eigenvalue weighted by Crippen LogP contribution is 2.27. The molecule has 3 nitrogen and oxygen atoms in total. The number of aromatic amines is 1. The number of halogens is 2. The van der Waals surface area contributed by atoms with Crippen molar-refractivity contribution in [2.45, 2.75) is 23.6 Å². The monoisotopic (exact) mass is 269 g/mol. The van der Waals surface area contributed by atoms with Crippen LogP contribution in [0, 0.1) is 0 Å². The van der Waals surface area contributed by atoms with E-state index in [2.05, 4.69) is 15.5 Å². The lowest BCUT2D eigenvalue weighted by Crippen LogP contribution is -2.06. The SMILES string of the molecule is CC(Nc1ccc(SC(F)F)cc1)c1ccn[nH]1. The highest BCUT2D eigenvalue weighted by atomic mass is 32.2. The Balaban J connectivity index is 1.98. The number of H-pyrrole nitrogens is 1. The van der Waals surface area contributed by atoms with E-state index >= 15 is 0 Å². The Hall–Kier alpha value is -1.56. The van der Waals surface area contributed by atoms with E-state index in [1.165, 1.54) is 0 Å². The van der Waals surface area contributed by atoms with E-state index in [4.69, 9.17) is 0 Å². The number of alkyl halides is 2. The van der Waals surface area contributed by atoms with Crippen molar-refractivity contribution in [1.29, 1.82) is 0 Å². The second kappa shape index (κ2) is 5.86. The minimum absolute atomic E-state index is 0.0844. The number of rotatable bonds is 5. The summed E-state index contributed by atoms with van der Waals surface area (Å²) in [6, 6.07) is 8.91. The van der Waals surface area contributed by atoms with Gasteiger partial charge < -0.3 is 5.32 Å². The lowest BCUT2D eigenvalue weighted by molar-refractivity contribution is 0.252. The maximum absolute atomic E-state index is 12.2. The zero-order valence-electron chi connectivity index (χ0n) is 9.73. The van der Waals surface area contributed by atoms with Gasteiger partial charge in [-0.2, -0.15) is 13.9 Å². The number of hydrogen-bond acceptors (Lipinski definition) is 3. The van der Waals surface area contributed by atoms with Gasteiger partial charge in [0.1, 0.15) is 0 Å². The third kappa shape index (κ3) is 3.46. The number of anilines is 1. The van der Waals surface area contributed by atoms with Crippen molar-refractivity contribution in [3.05, 3.63) is 42.2 Å². The van der Waals surface area contributed by atoms with Crippen LogP contribution >= 0.6 is 11.8 Å². The summed E-state index contributed by atoms with van der Waals surface area (Å²) in [6.07, 6.45) is 1.69. The molecular weight excluding hydrogens is 256 g/mol. The summed E-state index contributed by atoms with van der Waals surface area (Å²) in [6.45, 7) is 2.00. The quantitative estimate of drug-likeness (QED) is 0.809. The molecule has 1 aromatic heterocycles. The second-order valence-electron chi connectivity index (χ2n) is 3.78. The van der Waals surface area contributed by atoms with Crippen molar-refractivity contribution in [3.8, 4) is 0 Å². The van der Waals surface area contributed by atoms with E-state index in [9.17, 15) is 8.78 Å². The molecule has 0 bridgehead atoms. The van der Waals surface area contributed by atoms with Crippen LogP contribution in [0.15, 0.2) is 41.4 Å². The Morgan fingerprint density at radius 2 is 1.94 bits per heavy atom. The summed E-state index contributed by atoms with van der Waals surface area (Å²) in [5, 5.41) is 10.0. The average Bonchev–Trinajstić information content (AvgIpc) is 2.84. The molecule has 18 heavy (non-hydrogen) atoms. The van der Waals surface area contributed by atoms with Gasteiger partial charge >= 0.3 is 0 Å². The summed E-state index contributed by atoms with van der Waals surface area (Å²) >= 11 is 0.546. The van der Waals surface area contributed by atoms with Crippen LogP contribution in [0.4, 0.5) is 14.5 Å². The van der Waals surface area contributed by atoms with Crippen molar-refractivity contribution < 1.29 is 8.78 Å². The molecule has 1 heterocycles. The molecule has 0 saturated carbocycles. The molecule has 0 spiro atoms. The molecular formula is C12H13F2N3S. The van der Waals surface area contributed by atoms with Crippen molar-refractivity contribution in [1.82, 2.24) is 10.2 Å². The molecule has 6 heteroatoms. The van der Waals surface area contributed by atoms with Gasteiger partial charge in [-0.1, -0.05) is 11.8 Å². The number of thioether (sulfide) groups is 1. The fourth-order valence-electron chi connectivity index (χ4n) is 1.57. The standard InChI is InChI=1S/C12H13F2N3S/c1-8(11-6-7-15-17-11)16-9-2-4-10(5-3-9)18-12(13)14/h2-8,12,16H,1H3,(H,15,17). The molecule has 1 atom stereocenters. The van der Waals surface area contributed by atoms with E-state index in [0.717, 1.165) is 11.4 Å².